The fourth-order valence-electron chi connectivity index (χ4n) is 5.07. The van der Waals surface area contributed by atoms with E-state index in [1.807, 2.05) is 6.07 Å². The highest BCUT2D eigenvalue weighted by atomic mass is 32.2. The largest absolute Gasteiger partial charge is 0.368 e. The van der Waals surface area contributed by atoms with Crippen LogP contribution in [0.1, 0.15) is 19.3 Å². The van der Waals surface area contributed by atoms with Gasteiger partial charge < -0.3 is 15.5 Å². The Morgan fingerprint density at radius 3 is 2.39 bits per heavy atom. The van der Waals surface area contributed by atoms with Gasteiger partial charge in [-0.3, -0.25) is 0 Å². The molecule has 7 rings (SSSR count). The SMILES string of the molecule is Nc1ncc(-c2cc(N3C[C@@H]4C[C@H]3CS4(=O)=O)nc(N3CC4CC3C4)n2)cn1. The summed E-state index contributed by atoms with van der Waals surface area (Å²) < 4.78 is 24.3. The Bertz CT molecular complexity index is 1050. The van der Waals surface area contributed by atoms with Crippen LogP contribution in [0.5, 0.6) is 0 Å². The molecule has 1 saturated carbocycles. The van der Waals surface area contributed by atoms with Crippen molar-refractivity contribution in [3.63, 3.8) is 0 Å². The third-order valence-electron chi connectivity index (χ3n) is 6.63. The van der Waals surface area contributed by atoms with Crippen molar-refractivity contribution in [3.8, 4) is 11.3 Å². The molecule has 2 aromatic rings. The summed E-state index contributed by atoms with van der Waals surface area (Å²) in [7, 11) is -2.95. The predicted octanol–water partition coefficient (Wildman–Crippen LogP) is 0.490. The molecule has 6 heterocycles. The number of fused-ring (bicyclic) bond motifs is 3. The molecule has 0 aromatic carbocycles. The third-order valence-corrected chi connectivity index (χ3v) is 8.84. The van der Waals surface area contributed by atoms with Gasteiger partial charge >= 0.3 is 0 Å². The van der Waals surface area contributed by atoms with E-state index in [9.17, 15) is 8.42 Å². The molecule has 28 heavy (non-hydrogen) atoms. The van der Waals surface area contributed by atoms with Gasteiger partial charge in [-0.2, -0.15) is 4.98 Å². The van der Waals surface area contributed by atoms with Gasteiger partial charge in [0, 0.05) is 49.2 Å². The number of nitrogens with two attached hydrogens (primary N) is 1. The molecule has 4 aliphatic heterocycles. The molecule has 10 heteroatoms. The summed E-state index contributed by atoms with van der Waals surface area (Å²) in [4.78, 5) is 22.3. The molecule has 5 aliphatic rings. The molecular weight excluding hydrogens is 378 g/mol. The standard InChI is InChI=1S/C18H21N7O2S/c19-17-20-5-11(6-21-17)15-4-16(24-8-14-3-13(24)9-28(14,26)27)23-18(22-15)25-7-10-1-12(25)2-10/h4-6,10,12-14H,1-3,7-9H2,(H2,19,20,21)/t10?,12?,13-,14-/m0/s1. The number of rotatable bonds is 3. The summed E-state index contributed by atoms with van der Waals surface area (Å²) >= 11 is 0. The second-order valence-electron chi connectivity index (χ2n) is 8.38. The number of hydrogen-bond acceptors (Lipinski definition) is 9. The van der Waals surface area contributed by atoms with Gasteiger partial charge in [-0.25, -0.2) is 23.4 Å². The molecule has 1 aliphatic carbocycles. The zero-order chi connectivity index (χ0) is 19.0. The first-order valence-corrected chi connectivity index (χ1v) is 11.4. The zero-order valence-corrected chi connectivity index (χ0v) is 16.1. The predicted molar refractivity (Wildman–Crippen MR) is 105 cm³/mol. The summed E-state index contributed by atoms with van der Waals surface area (Å²) in [6.45, 7) is 1.50. The Kier molecular flexibility index (Phi) is 3.25. The maximum atomic E-state index is 12.1. The minimum Gasteiger partial charge on any atom is -0.368 e. The van der Waals surface area contributed by atoms with Crippen molar-refractivity contribution in [3.05, 3.63) is 18.5 Å². The van der Waals surface area contributed by atoms with Crippen LogP contribution < -0.4 is 15.5 Å². The van der Waals surface area contributed by atoms with Crippen molar-refractivity contribution >= 4 is 27.6 Å². The quantitative estimate of drug-likeness (QED) is 0.786. The van der Waals surface area contributed by atoms with Crippen LogP contribution >= 0.6 is 0 Å². The van der Waals surface area contributed by atoms with E-state index in [0.717, 1.165) is 35.5 Å². The smallest absolute Gasteiger partial charge is 0.228 e. The van der Waals surface area contributed by atoms with E-state index in [1.54, 1.807) is 12.4 Å². The van der Waals surface area contributed by atoms with Crippen LogP contribution in [-0.4, -0.2) is 64.5 Å². The van der Waals surface area contributed by atoms with Crippen molar-refractivity contribution in [1.82, 2.24) is 19.9 Å². The van der Waals surface area contributed by atoms with Gasteiger partial charge in [0.15, 0.2) is 9.84 Å². The van der Waals surface area contributed by atoms with E-state index < -0.39 is 9.84 Å². The minimum absolute atomic E-state index is 0.000481. The van der Waals surface area contributed by atoms with Crippen molar-refractivity contribution in [1.29, 1.82) is 0 Å². The summed E-state index contributed by atoms with van der Waals surface area (Å²) in [5, 5.41) is -0.279. The molecular formula is C18H21N7O2S. The second kappa shape index (κ2) is 5.53. The van der Waals surface area contributed by atoms with E-state index in [2.05, 4.69) is 19.8 Å². The molecule has 2 atom stereocenters. The fraction of sp³-hybridized carbons (Fsp3) is 0.556. The molecule has 4 saturated heterocycles. The molecule has 5 fully saturated rings. The monoisotopic (exact) mass is 399 g/mol. The first-order chi connectivity index (χ1) is 13.5. The molecule has 2 N–H and O–H groups in total. The summed E-state index contributed by atoms with van der Waals surface area (Å²) in [5.74, 6) is 2.70. The number of nitrogens with zero attached hydrogens (tertiary/aromatic N) is 6. The summed E-state index contributed by atoms with van der Waals surface area (Å²) in [6.07, 6.45) is 6.45. The lowest BCUT2D eigenvalue weighted by atomic mass is 9.86. The summed E-state index contributed by atoms with van der Waals surface area (Å²) in [5.41, 5.74) is 7.15. The number of nitrogen functional groups attached to an aromatic ring is 1. The number of hydrogen-bond donors (Lipinski definition) is 1. The van der Waals surface area contributed by atoms with Crippen molar-refractivity contribution < 1.29 is 8.42 Å². The molecule has 0 spiro atoms. The Morgan fingerprint density at radius 2 is 1.79 bits per heavy atom. The Balaban J connectivity index is 1.42. The second-order valence-corrected chi connectivity index (χ2v) is 10.7. The van der Waals surface area contributed by atoms with Gasteiger partial charge in [0.25, 0.3) is 0 Å². The normalized spacial score (nSPS) is 32.0. The topological polar surface area (TPSA) is 118 Å². The average molecular weight is 399 g/mol. The van der Waals surface area contributed by atoms with Gasteiger partial charge in [0.2, 0.25) is 11.9 Å². The highest BCUT2D eigenvalue weighted by molar-refractivity contribution is 7.92. The van der Waals surface area contributed by atoms with Crippen molar-refractivity contribution in [2.75, 3.05) is 34.4 Å². The van der Waals surface area contributed by atoms with E-state index in [0.29, 0.717) is 19.0 Å². The van der Waals surface area contributed by atoms with E-state index in [4.69, 9.17) is 15.7 Å². The van der Waals surface area contributed by atoms with Crippen LogP contribution in [0, 0.1) is 5.92 Å². The van der Waals surface area contributed by atoms with Crippen LogP contribution in [0.25, 0.3) is 11.3 Å². The molecule has 2 aromatic heterocycles. The maximum absolute atomic E-state index is 12.1. The number of anilines is 3. The lowest BCUT2D eigenvalue weighted by molar-refractivity contribution is 0.380. The Hall–Kier alpha value is -2.49. The maximum Gasteiger partial charge on any atom is 0.228 e. The molecule has 9 nitrogen and oxygen atoms in total. The molecule has 0 unspecified atom stereocenters. The van der Waals surface area contributed by atoms with E-state index >= 15 is 0 Å². The first-order valence-electron chi connectivity index (χ1n) is 9.68. The van der Waals surface area contributed by atoms with Gasteiger partial charge in [-0.15, -0.1) is 0 Å². The van der Waals surface area contributed by atoms with E-state index in [1.165, 1.54) is 12.8 Å². The van der Waals surface area contributed by atoms with Gasteiger partial charge in [0.1, 0.15) is 5.82 Å². The van der Waals surface area contributed by atoms with Crippen molar-refractivity contribution in [2.45, 2.75) is 36.6 Å². The minimum atomic E-state index is -2.95. The number of aromatic nitrogens is 4. The van der Waals surface area contributed by atoms with Crippen LogP contribution in [0.4, 0.5) is 17.7 Å². The average Bonchev–Trinajstić information content (AvgIpc) is 3.39. The Morgan fingerprint density at radius 1 is 1.00 bits per heavy atom. The molecule has 146 valence electrons. The van der Waals surface area contributed by atoms with Crippen molar-refractivity contribution in [2.24, 2.45) is 5.92 Å². The molecule has 0 amide bonds. The van der Waals surface area contributed by atoms with Crippen LogP contribution in [-0.2, 0) is 9.84 Å². The lowest BCUT2D eigenvalue weighted by Crippen LogP contribution is -2.41. The van der Waals surface area contributed by atoms with Crippen LogP contribution in [0.2, 0.25) is 0 Å². The fourth-order valence-corrected chi connectivity index (χ4v) is 7.10. The molecule has 0 radical (unpaired) electrons. The molecule has 4 bridgehead atoms. The lowest BCUT2D eigenvalue weighted by Gasteiger charge is -2.30. The van der Waals surface area contributed by atoms with Crippen LogP contribution in [0.3, 0.4) is 0 Å². The zero-order valence-electron chi connectivity index (χ0n) is 15.3. The highest BCUT2D eigenvalue weighted by Crippen LogP contribution is 2.43. The van der Waals surface area contributed by atoms with Crippen LogP contribution in [0.15, 0.2) is 18.5 Å². The highest BCUT2D eigenvalue weighted by Gasteiger charge is 2.49. The van der Waals surface area contributed by atoms with Gasteiger partial charge in [0.05, 0.1) is 16.7 Å². The van der Waals surface area contributed by atoms with E-state index in [-0.39, 0.29) is 23.0 Å². The first kappa shape index (κ1) is 16.5. The summed E-state index contributed by atoms with van der Waals surface area (Å²) in [6, 6.07) is 2.44. The number of sulfone groups is 1. The van der Waals surface area contributed by atoms with Gasteiger partial charge in [-0.1, -0.05) is 0 Å². The Labute approximate surface area is 162 Å². The van der Waals surface area contributed by atoms with Gasteiger partial charge in [-0.05, 0) is 25.2 Å². The third kappa shape index (κ3) is 2.40.